The highest BCUT2D eigenvalue weighted by Crippen LogP contribution is 2.32. The van der Waals surface area contributed by atoms with Gasteiger partial charge < -0.3 is 14.2 Å². The molecule has 1 N–H and O–H groups in total. The molecule has 4 aromatic rings. The van der Waals surface area contributed by atoms with Gasteiger partial charge in [0.25, 0.3) is 5.91 Å². The van der Waals surface area contributed by atoms with E-state index in [0.717, 1.165) is 11.3 Å². The van der Waals surface area contributed by atoms with Crippen LogP contribution < -0.4 is 19.6 Å². The second-order valence-corrected chi connectivity index (χ2v) is 8.76. The van der Waals surface area contributed by atoms with Crippen molar-refractivity contribution < 1.29 is 19.0 Å². The zero-order valence-corrected chi connectivity index (χ0v) is 21.8. The van der Waals surface area contributed by atoms with Crippen molar-refractivity contribution in [3.8, 4) is 34.3 Å². The lowest BCUT2D eigenvalue weighted by Gasteiger charge is -2.12. The first-order chi connectivity index (χ1) is 18.0. The number of nitrogens with zero attached hydrogens (tertiary/aromatic N) is 5. The van der Waals surface area contributed by atoms with Gasteiger partial charge in [0.1, 0.15) is 17.2 Å². The number of aromatic nitrogens is 4. The summed E-state index contributed by atoms with van der Waals surface area (Å²) in [6.07, 6.45) is 4.82. The molecule has 4 rings (SSSR count). The van der Waals surface area contributed by atoms with E-state index in [0.29, 0.717) is 38.8 Å². The van der Waals surface area contributed by atoms with E-state index < -0.39 is 0 Å². The van der Waals surface area contributed by atoms with Gasteiger partial charge in [0.15, 0.2) is 11.0 Å². The van der Waals surface area contributed by atoms with Crippen molar-refractivity contribution in [2.24, 2.45) is 5.10 Å². The predicted octanol–water partition coefficient (Wildman–Crippen LogP) is 4.25. The van der Waals surface area contributed by atoms with Crippen LogP contribution in [0.1, 0.15) is 5.56 Å². The molecule has 2 aromatic heterocycles. The standard InChI is InChI=1S/C25H23ClN6O4S/c1-34-19-12-21(35-2)20(22(13-19)36-3)14-28-29-23(33)15-37-25-31-30-24(16-8-10-27-11-9-16)32(25)18-6-4-17(26)5-7-18/h4-14H,15H2,1-3H3,(H,29,33)/b28-14+. The number of pyridine rings is 1. The van der Waals surface area contributed by atoms with Gasteiger partial charge in [-0.05, 0) is 36.4 Å². The lowest BCUT2D eigenvalue weighted by molar-refractivity contribution is -0.118. The number of thioether (sulfide) groups is 1. The summed E-state index contributed by atoms with van der Waals surface area (Å²) in [5.41, 5.74) is 4.72. The summed E-state index contributed by atoms with van der Waals surface area (Å²) in [4.78, 5) is 16.6. The van der Waals surface area contributed by atoms with Crippen molar-refractivity contribution in [2.75, 3.05) is 27.1 Å². The predicted molar refractivity (Wildman–Crippen MR) is 142 cm³/mol. The van der Waals surface area contributed by atoms with Crippen molar-refractivity contribution in [1.82, 2.24) is 25.2 Å². The van der Waals surface area contributed by atoms with E-state index >= 15 is 0 Å². The molecule has 2 aromatic carbocycles. The normalized spacial score (nSPS) is 10.9. The molecule has 0 bridgehead atoms. The van der Waals surface area contributed by atoms with Crippen molar-refractivity contribution in [3.63, 3.8) is 0 Å². The van der Waals surface area contributed by atoms with E-state index in [1.165, 1.54) is 32.2 Å². The number of hydrogen-bond donors (Lipinski definition) is 1. The average Bonchev–Trinajstić information content (AvgIpc) is 3.36. The van der Waals surface area contributed by atoms with Gasteiger partial charge in [-0.1, -0.05) is 23.4 Å². The third-order valence-corrected chi connectivity index (χ3v) is 6.31. The number of carbonyl (C=O) groups is 1. The van der Waals surface area contributed by atoms with Gasteiger partial charge in [0.05, 0.1) is 38.9 Å². The third-order valence-electron chi connectivity index (χ3n) is 5.13. The number of methoxy groups -OCH3 is 3. The largest absolute Gasteiger partial charge is 0.496 e. The second kappa shape index (κ2) is 12.2. The molecule has 0 aliphatic carbocycles. The van der Waals surface area contributed by atoms with Gasteiger partial charge >= 0.3 is 0 Å². The number of amides is 1. The molecule has 10 nitrogen and oxygen atoms in total. The molecule has 0 radical (unpaired) electrons. The highest BCUT2D eigenvalue weighted by Gasteiger charge is 2.17. The first-order valence-electron chi connectivity index (χ1n) is 10.9. The molecule has 0 atom stereocenters. The summed E-state index contributed by atoms with van der Waals surface area (Å²) in [6, 6.07) is 14.4. The van der Waals surface area contributed by atoms with Crippen molar-refractivity contribution >= 4 is 35.5 Å². The van der Waals surface area contributed by atoms with Crippen LogP contribution in [0.5, 0.6) is 17.2 Å². The minimum Gasteiger partial charge on any atom is -0.496 e. The van der Waals surface area contributed by atoms with E-state index in [9.17, 15) is 4.79 Å². The number of rotatable bonds is 10. The second-order valence-electron chi connectivity index (χ2n) is 7.38. The van der Waals surface area contributed by atoms with Crippen molar-refractivity contribution in [2.45, 2.75) is 5.16 Å². The van der Waals surface area contributed by atoms with Gasteiger partial charge in [-0.15, -0.1) is 10.2 Å². The quantitative estimate of drug-likeness (QED) is 0.181. The van der Waals surface area contributed by atoms with E-state index in [2.05, 4.69) is 25.7 Å². The number of ether oxygens (including phenoxy) is 3. The molecule has 0 unspecified atom stereocenters. The van der Waals surface area contributed by atoms with E-state index in [1.807, 2.05) is 28.8 Å². The minimum absolute atomic E-state index is 0.0519. The molecule has 190 valence electrons. The van der Waals surface area contributed by atoms with Crippen LogP contribution in [0.2, 0.25) is 5.02 Å². The molecule has 37 heavy (non-hydrogen) atoms. The van der Waals surface area contributed by atoms with Crippen LogP contribution in [-0.4, -0.2) is 59.0 Å². The van der Waals surface area contributed by atoms with E-state index in [-0.39, 0.29) is 11.7 Å². The Bertz CT molecular complexity index is 1370. The van der Waals surface area contributed by atoms with Gasteiger partial charge in [-0.3, -0.25) is 14.3 Å². The molecular weight excluding hydrogens is 516 g/mol. The Hall–Kier alpha value is -4.09. The van der Waals surface area contributed by atoms with Crippen LogP contribution >= 0.6 is 23.4 Å². The Morgan fingerprint density at radius 2 is 1.70 bits per heavy atom. The Balaban J connectivity index is 1.50. The van der Waals surface area contributed by atoms with Crippen molar-refractivity contribution in [1.29, 1.82) is 0 Å². The van der Waals surface area contributed by atoms with Crippen molar-refractivity contribution in [3.05, 3.63) is 71.5 Å². The Kier molecular flexibility index (Phi) is 8.60. The molecule has 12 heteroatoms. The summed E-state index contributed by atoms with van der Waals surface area (Å²) in [5, 5.41) is 13.9. The monoisotopic (exact) mass is 538 g/mol. The van der Waals surface area contributed by atoms with Gasteiger partial charge in [-0.25, -0.2) is 5.43 Å². The number of benzene rings is 2. The van der Waals surface area contributed by atoms with Crippen LogP contribution in [-0.2, 0) is 4.79 Å². The van der Waals surface area contributed by atoms with Crippen LogP contribution in [0.15, 0.2) is 71.2 Å². The maximum absolute atomic E-state index is 12.6. The SMILES string of the molecule is COc1cc(OC)c(/C=N/NC(=O)CSc2nnc(-c3ccncc3)n2-c2ccc(Cl)cc2)c(OC)c1. The zero-order valence-electron chi connectivity index (χ0n) is 20.2. The molecule has 2 heterocycles. The third kappa shape index (κ3) is 6.19. The Labute approximate surface area is 222 Å². The molecule has 0 spiro atoms. The summed E-state index contributed by atoms with van der Waals surface area (Å²) < 4.78 is 17.9. The summed E-state index contributed by atoms with van der Waals surface area (Å²) in [5.74, 6) is 1.89. The number of hydrogen-bond acceptors (Lipinski definition) is 9. The van der Waals surface area contributed by atoms with Gasteiger partial charge in [-0.2, -0.15) is 5.10 Å². The number of carbonyl (C=O) groups excluding carboxylic acids is 1. The smallest absolute Gasteiger partial charge is 0.250 e. The number of hydrazone groups is 1. The Morgan fingerprint density at radius 3 is 2.32 bits per heavy atom. The fourth-order valence-electron chi connectivity index (χ4n) is 3.37. The van der Waals surface area contributed by atoms with Crippen LogP contribution in [0, 0.1) is 0 Å². The van der Waals surface area contributed by atoms with Gasteiger partial charge in [0.2, 0.25) is 0 Å². The maximum atomic E-state index is 12.6. The molecule has 0 saturated heterocycles. The average molecular weight is 539 g/mol. The molecule has 0 aliphatic rings. The van der Waals surface area contributed by atoms with Crippen LogP contribution in [0.25, 0.3) is 17.1 Å². The molecule has 0 fully saturated rings. The first kappa shape index (κ1) is 26.0. The lowest BCUT2D eigenvalue weighted by Crippen LogP contribution is -2.20. The zero-order chi connectivity index (χ0) is 26.2. The van der Waals surface area contributed by atoms with E-state index in [4.69, 9.17) is 25.8 Å². The fraction of sp³-hybridized carbons (Fsp3) is 0.160. The summed E-state index contributed by atoms with van der Waals surface area (Å²) in [7, 11) is 4.60. The first-order valence-corrected chi connectivity index (χ1v) is 12.3. The number of nitrogens with one attached hydrogen (secondary N) is 1. The lowest BCUT2D eigenvalue weighted by atomic mass is 10.2. The molecular formula is C25H23ClN6O4S. The Morgan fingerprint density at radius 1 is 1.03 bits per heavy atom. The summed E-state index contributed by atoms with van der Waals surface area (Å²) >= 11 is 7.30. The topological polar surface area (TPSA) is 113 Å². The molecule has 0 aliphatic heterocycles. The van der Waals surface area contributed by atoms with Crippen LogP contribution in [0.3, 0.4) is 0 Å². The highest BCUT2D eigenvalue weighted by atomic mass is 35.5. The molecule has 0 saturated carbocycles. The van der Waals surface area contributed by atoms with Crippen LogP contribution in [0.4, 0.5) is 0 Å². The minimum atomic E-state index is -0.330. The maximum Gasteiger partial charge on any atom is 0.250 e. The fourth-order valence-corrected chi connectivity index (χ4v) is 4.24. The van der Waals surface area contributed by atoms with E-state index in [1.54, 1.807) is 43.8 Å². The molecule has 1 amide bonds. The highest BCUT2D eigenvalue weighted by molar-refractivity contribution is 7.99. The van der Waals surface area contributed by atoms with Gasteiger partial charge in [0, 0.05) is 40.8 Å². The summed E-state index contributed by atoms with van der Waals surface area (Å²) in [6.45, 7) is 0. The number of halogens is 1.